The Balaban J connectivity index is 2.51. The van der Waals surface area contributed by atoms with Crippen molar-refractivity contribution in [1.82, 2.24) is 10.2 Å². The van der Waals surface area contributed by atoms with E-state index in [4.69, 9.17) is 28.9 Å². The first-order chi connectivity index (χ1) is 7.63. The van der Waals surface area contributed by atoms with E-state index >= 15 is 0 Å². The summed E-state index contributed by atoms with van der Waals surface area (Å²) >= 11 is 13.4. The number of aromatic nitrogens is 2. The van der Waals surface area contributed by atoms with Gasteiger partial charge in [-0.05, 0) is 12.5 Å². The maximum absolute atomic E-state index is 6.11. The molecule has 0 saturated carbocycles. The Morgan fingerprint density at radius 1 is 1.50 bits per heavy atom. The van der Waals surface area contributed by atoms with Gasteiger partial charge in [0.15, 0.2) is 0 Å². The topological polar surface area (TPSA) is 54.7 Å². The summed E-state index contributed by atoms with van der Waals surface area (Å²) in [6.45, 7) is 2.10. The van der Waals surface area contributed by atoms with E-state index in [0.717, 1.165) is 29.7 Å². The molecule has 0 radical (unpaired) electrons. The van der Waals surface area contributed by atoms with Crippen LogP contribution in [-0.4, -0.2) is 10.2 Å². The van der Waals surface area contributed by atoms with Gasteiger partial charge in [0.2, 0.25) is 0 Å². The quantitative estimate of drug-likeness (QED) is 0.890. The van der Waals surface area contributed by atoms with Gasteiger partial charge in [-0.2, -0.15) is 5.10 Å². The van der Waals surface area contributed by atoms with Gasteiger partial charge in [0.1, 0.15) is 10.2 Å². The predicted molar refractivity (Wildman–Crippen MR) is 70.3 cm³/mol. The molecular formula is C10H11Cl2N3S. The molecule has 6 heteroatoms. The fraction of sp³-hybridized carbons (Fsp3) is 0.300. The third-order valence-corrected chi connectivity index (χ3v) is 3.81. The number of nitrogen functional groups attached to an aromatic ring is 1. The Labute approximate surface area is 108 Å². The van der Waals surface area contributed by atoms with E-state index in [1.54, 1.807) is 0 Å². The summed E-state index contributed by atoms with van der Waals surface area (Å²) in [5, 5.41) is 6.94. The minimum absolute atomic E-state index is 0.537. The summed E-state index contributed by atoms with van der Waals surface area (Å²) < 4.78 is 1.32. The van der Waals surface area contributed by atoms with Crippen molar-refractivity contribution in [2.24, 2.45) is 0 Å². The molecule has 0 aromatic carbocycles. The van der Waals surface area contributed by atoms with E-state index in [2.05, 4.69) is 17.1 Å². The molecule has 86 valence electrons. The van der Waals surface area contributed by atoms with Crippen LogP contribution < -0.4 is 5.73 Å². The van der Waals surface area contributed by atoms with E-state index in [1.165, 1.54) is 11.3 Å². The van der Waals surface area contributed by atoms with Crippen molar-refractivity contribution in [3.05, 3.63) is 20.3 Å². The largest absolute Gasteiger partial charge is 0.382 e. The van der Waals surface area contributed by atoms with Crippen LogP contribution >= 0.6 is 34.5 Å². The molecule has 2 aromatic rings. The van der Waals surface area contributed by atoms with Gasteiger partial charge < -0.3 is 5.73 Å². The van der Waals surface area contributed by atoms with Gasteiger partial charge in [0, 0.05) is 11.1 Å². The number of rotatable bonds is 3. The molecule has 0 spiro atoms. The SMILES string of the molecule is CCCc1c(N)n[nH]c1-c1cc(Cl)sc1Cl. The first-order valence-electron chi connectivity index (χ1n) is 4.91. The molecule has 0 amide bonds. The van der Waals surface area contributed by atoms with Gasteiger partial charge in [-0.25, -0.2) is 0 Å². The lowest BCUT2D eigenvalue weighted by atomic mass is 10.1. The molecule has 0 atom stereocenters. The molecule has 0 unspecified atom stereocenters. The Hall–Kier alpha value is -0.710. The highest BCUT2D eigenvalue weighted by molar-refractivity contribution is 7.20. The van der Waals surface area contributed by atoms with Crippen LogP contribution in [0.4, 0.5) is 5.82 Å². The van der Waals surface area contributed by atoms with Gasteiger partial charge in [0.05, 0.1) is 10.0 Å². The molecule has 0 fully saturated rings. The predicted octanol–water partition coefficient (Wildman–Crippen LogP) is 3.98. The second-order valence-corrected chi connectivity index (χ2v) is 5.74. The average Bonchev–Trinajstić information content (AvgIpc) is 2.73. The molecule has 0 aliphatic carbocycles. The van der Waals surface area contributed by atoms with E-state index in [0.29, 0.717) is 14.5 Å². The lowest BCUT2D eigenvalue weighted by Crippen LogP contribution is -1.92. The van der Waals surface area contributed by atoms with Gasteiger partial charge in [-0.15, -0.1) is 11.3 Å². The summed E-state index contributed by atoms with van der Waals surface area (Å²) in [4.78, 5) is 0. The molecule has 0 aliphatic heterocycles. The number of nitrogens with zero attached hydrogens (tertiary/aromatic N) is 1. The van der Waals surface area contributed by atoms with Crippen LogP contribution in [0, 0.1) is 0 Å². The minimum atomic E-state index is 0.537. The monoisotopic (exact) mass is 275 g/mol. The van der Waals surface area contributed by atoms with Crippen LogP contribution in [0.2, 0.25) is 8.67 Å². The van der Waals surface area contributed by atoms with Crippen LogP contribution in [0.25, 0.3) is 11.3 Å². The van der Waals surface area contributed by atoms with Crippen molar-refractivity contribution < 1.29 is 0 Å². The molecule has 2 rings (SSSR count). The Kier molecular flexibility index (Phi) is 3.42. The standard InChI is InChI=1S/C10H11Cl2N3S/c1-2-3-5-8(14-15-10(5)13)6-4-7(11)16-9(6)12/h4H,2-3H2,1H3,(H3,13,14,15). The van der Waals surface area contributed by atoms with Crippen molar-refractivity contribution in [3.63, 3.8) is 0 Å². The molecule has 3 nitrogen and oxygen atoms in total. The third kappa shape index (κ3) is 2.05. The Morgan fingerprint density at radius 3 is 2.81 bits per heavy atom. The number of hydrogen-bond donors (Lipinski definition) is 2. The summed E-state index contributed by atoms with van der Waals surface area (Å²) in [6.07, 6.45) is 1.88. The highest BCUT2D eigenvalue weighted by Crippen LogP contribution is 2.39. The third-order valence-electron chi connectivity index (χ3n) is 2.33. The number of aromatic amines is 1. The fourth-order valence-corrected chi connectivity index (χ4v) is 3.09. The summed E-state index contributed by atoms with van der Waals surface area (Å²) in [7, 11) is 0. The number of thiophene rings is 1. The minimum Gasteiger partial charge on any atom is -0.382 e. The van der Waals surface area contributed by atoms with Crippen LogP contribution in [0.5, 0.6) is 0 Å². The zero-order valence-corrected chi connectivity index (χ0v) is 11.0. The Morgan fingerprint density at radius 2 is 2.25 bits per heavy atom. The van der Waals surface area contributed by atoms with Gasteiger partial charge >= 0.3 is 0 Å². The number of nitrogens with two attached hydrogens (primary N) is 1. The smallest absolute Gasteiger partial charge is 0.149 e. The van der Waals surface area contributed by atoms with E-state index in [9.17, 15) is 0 Å². The number of anilines is 1. The molecule has 0 aliphatic rings. The number of H-pyrrole nitrogens is 1. The number of halogens is 2. The van der Waals surface area contributed by atoms with Crippen LogP contribution in [0.1, 0.15) is 18.9 Å². The lowest BCUT2D eigenvalue weighted by Gasteiger charge is -2.00. The van der Waals surface area contributed by atoms with Gasteiger partial charge in [-0.1, -0.05) is 36.5 Å². The number of hydrogen-bond acceptors (Lipinski definition) is 3. The second-order valence-electron chi connectivity index (χ2n) is 3.45. The Bertz CT molecular complexity index is 504. The maximum atomic E-state index is 6.11. The van der Waals surface area contributed by atoms with Crippen molar-refractivity contribution in [3.8, 4) is 11.3 Å². The van der Waals surface area contributed by atoms with Crippen molar-refractivity contribution in [2.45, 2.75) is 19.8 Å². The highest BCUT2D eigenvalue weighted by Gasteiger charge is 2.16. The lowest BCUT2D eigenvalue weighted by molar-refractivity contribution is 0.927. The zero-order valence-electron chi connectivity index (χ0n) is 8.68. The molecule has 3 N–H and O–H groups in total. The molecule has 0 bridgehead atoms. The maximum Gasteiger partial charge on any atom is 0.149 e. The van der Waals surface area contributed by atoms with Gasteiger partial charge in [-0.3, -0.25) is 5.10 Å². The van der Waals surface area contributed by atoms with Crippen LogP contribution in [0.3, 0.4) is 0 Å². The second kappa shape index (κ2) is 4.65. The summed E-state index contributed by atoms with van der Waals surface area (Å²) in [5.74, 6) is 0.537. The molecular weight excluding hydrogens is 265 g/mol. The molecule has 2 aromatic heterocycles. The van der Waals surface area contributed by atoms with E-state index in [1.807, 2.05) is 6.07 Å². The van der Waals surface area contributed by atoms with Crippen molar-refractivity contribution in [2.75, 3.05) is 5.73 Å². The highest BCUT2D eigenvalue weighted by atomic mass is 35.5. The first-order valence-corrected chi connectivity index (χ1v) is 6.48. The normalized spacial score (nSPS) is 10.9. The number of nitrogens with one attached hydrogen (secondary N) is 1. The molecule has 16 heavy (non-hydrogen) atoms. The van der Waals surface area contributed by atoms with Gasteiger partial charge in [0.25, 0.3) is 0 Å². The van der Waals surface area contributed by atoms with E-state index < -0.39 is 0 Å². The van der Waals surface area contributed by atoms with Crippen LogP contribution in [0.15, 0.2) is 6.07 Å². The van der Waals surface area contributed by atoms with E-state index in [-0.39, 0.29) is 0 Å². The van der Waals surface area contributed by atoms with Crippen LogP contribution in [-0.2, 0) is 6.42 Å². The average molecular weight is 276 g/mol. The van der Waals surface area contributed by atoms with Crippen molar-refractivity contribution in [1.29, 1.82) is 0 Å². The molecule has 0 saturated heterocycles. The summed E-state index contributed by atoms with van der Waals surface area (Å²) in [6, 6.07) is 1.83. The fourth-order valence-electron chi connectivity index (χ4n) is 1.62. The summed E-state index contributed by atoms with van der Waals surface area (Å²) in [5.41, 5.74) is 8.58. The molecule has 2 heterocycles. The first kappa shape index (κ1) is 11.8. The zero-order chi connectivity index (χ0) is 11.7. The van der Waals surface area contributed by atoms with Crippen molar-refractivity contribution >= 4 is 40.4 Å².